The fourth-order valence-corrected chi connectivity index (χ4v) is 7.04. The number of anilines is 1. The first-order chi connectivity index (χ1) is 17.9. The van der Waals surface area contributed by atoms with E-state index < -0.39 is 11.7 Å². The summed E-state index contributed by atoms with van der Waals surface area (Å²) in [6.07, 6.45) is -3.29. The van der Waals surface area contributed by atoms with Crippen molar-refractivity contribution in [3.63, 3.8) is 0 Å². The fourth-order valence-electron chi connectivity index (χ4n) is 5.21. The van der Waals surface area contributed by atoms with Crippen molar-refractivity contribution in [2.24, 2.45) is 5.41 Å². The van der Waals surface area contributed by atoms with E-state index in [2.05, 4.69) is 10.2 Å². The third-order valence-electron chi connectivity index (χ3n) is 6.91. The van der Waals surface area contributed by atoms with Crippen molar-refractivity contribution < 1.29 is 22.8 Å². The average Bonchev–Trinajstić information content (AvgIpc) is 3.29. The minimum atomic E-state index is -4.40. The molecule has 2 aliphatic rings. The van der Waals surface area contributed by atoms with E-state index in [0.29, 0.717) is 39.1 Å². The maximum absolute atomic E-state index is 13.6. The van der Waals surface area contributed by atoms with Crippen molar-refractivity contribution in [2.45, 2.75) is 62.2 Å². The van der Waals surface area contributed by atoms with Gasteiger partial charge >= 0.3 is 6.18 Å². The molecule has 1 amide bonds. The van der Waals surface area contributed by atoms with E-state index in [-0.39, 0.29) is 35.2 Å². The topological polar surface area (TPSA) is 63.2 Å². The lowest BCUT2D eigenvalue weighted by atomic mass is 9.69. The van der Waals surface area contributed by atoms with Crippen molar-refractivity contribution in [3.8, 4) is 0 Å². The normalized spacial score (nSPS) is 19.6. The van der Waals surface area contributed by atoms with Crippen LogP contribution >= 0.6 is 23.1 Å². The van der Waals surface area contributed by atoms with E-state index in [1.807, 2.05) is 45.0 Å². The molecule has 198 valence electrons. The lowest BCUT2D eigenvalue weighted by Gasteiger charge is -2.42. The molecule has 3 aromatic rings. The number of nitrogens with zero attached hydrogens (tertiary/aromatic N) is 3. The number of ketones is 1. The number of thioether (sulfide) groups is 1. The first kappa shape index (κ1) is 26.6. The maximum Gasteiger partial charge on any atom is 0.416 e. The number of carbonyl (C=O) groups is 2. The number of carbonyl (C=O) groups excluding carboxylic acids is 2. The van der Waals surface area contributed by atoms with Crippen molar-refractivity contribution in [1.29, 1.82) is 0 Å². The van der Waals surface area contributed by atoms with Crippen molar-refractivity contribution in [2.75, 3.05) is 4.90 Å². The Morgan fingerprint density at radius 2 is 1.84 bits per heavy atom. The number of hydrogen-bond acceptors (Lipinski definition) is 6. The second kappa shape index (κ2) is 9.96. The smallest absolute Gasteiger partial charge is 0.294 e. The summed E-state index contributed by atoms with van der Waals surface area (Å²) in [5.74, 6) is -0.124. The van der Waals surface area contributed by atoms with Gasteiger partial charge in [-0.1, -0.05) is 79.4 Å². The van der Waals surface area contributed by atoms with Crippen LogP contribution in [0, 0.1) is 12.3 Å². The predicted molar refractivity (Wildman–Crippen MR) is 142 cm³/mol. The van der Waals surface area contributed by atoms with Crippen LogP contribution in [-0.2, 0) is 21.5 Å². The van der Waals surface area contributed by atoms with Crippen LogP contribution in [0.15, 0.2) is 64.1 Å². The Bertz CT molecular complexity index is 1440. The zero-order chi connectivity index (χ0) is 27.2. The van der Waals surface area contributed by atoms with E-state index in [4.69, 9.17) is 0 Å². The molecule has 5 rings (SSSR count). The van der Waals surface area contributed by atoms with Crippen molar-refractivity contribution in [1.82, 2.24) is 10.2 Å². The molecule has 0 radical (unpaired) electrons. The van der Waals surface area contributed by atoms with Gasteiger partial charge in [-0.05, 0) is 41.5 Å². The molecule has 10 heteroatoms. The lowest BCUT2D eigenvalue weighted by molar-refractivity contribution is -0.137. The number of Topliss-reactive ketones (excluding diaryl/α,β-unsaturated/α-hetero) is 1. The van der Waals surface area contributed by atoms with Gasteiger partial charge in [-0.25, -0.2) is 0 Å². The number of rotatable bonds is 5. The van der Waals surface area contributed by atoms with E-state index >= 15 is 0 Å². The van der Waals surface area contributed by atoms with Gasteiger partial charge in [0, 0.05) is 35.8 Å². The van der Waals surface area contributed by atoms with Crippen LogP contribution < -0.4 is 4.90 Å². The molecule has 0 spiro atoms. The number of allylic oxidation sites excluding steroid dienone is 2. The number of hydrogen-bond donors (Lipinski definition) is 0. The lowest BCUT2D eigenvalue weighted by Crippen LogP contribution is -2.43. The van der Waals surface area contributed by atoms with Crippen LogP contribution in [0.3, 0.4) is 0 Å². The number of alkyl halides is 3. The van der Waals surface area contributed by atoms with Crippen LogP contribution in [-0.4, -0.2) is 21.9 Å². The Labute approximate surface area is 227 Å². The molecule has 1 aromatic heterocycles. The quantitative estimate of drug-likeness (QED) is 0.243. The van der Waals surface area contributed by atoms with E-state index in [9.17, 15) is 22.8 Å². The summed E-state index contributed by atoms with van der Waals surface area (Å²) in [4.78, 5) is 28.6. The summed E-state index contributed by atoms with van der Waals surface area (Å²) in [7, 11) is 0. The Kier molecular flexibility index (Phi) is 6.98. The average molecular weight is 558 g/mol. The monoisotopic (exact) mass is 557 g/mol. The molecule has 0 bridgehead atoms. The highest BCUT2D eigenvalue weighted by Gasteiger charge is 2.45. The third kappa shape index (κ3) is 5.29. The largest absolute Gasteiger partial charge is 0.416 e. The number of aromatic nitrogens is 2. The molecule has 2 heterocycles. The third-order valence-corrected chi connectivity index (χ3v) is 9.02. The zero-order valence-electron chi connectivity index (χ0n) is 21.1. The highest BCUT2D eigenvalue weighted by Crippen LogP contribution is 2.49. The Morgan fingerprint density at radius 3 is 2.58 bits per heavy atom. The Hall–Kier alpha value is -2.98. The number of aryl methyl sites for hydroxylation is 1. The van der Waals surface area contributed by atoms with Gasteiger partial charge in [0.05, 0.1) is 5.56 Å². The summed E-state index contributed by atoms with van der Waals surface area (Å²) < 4.78 is 39.7. The molecular formula is C28H26F3N3O2S2. The molecule has 1 unspecified atom stereocenters. The van der Waals surface area contributed by atoms with Crippen molar-refractivity contribution in [3.05, 3.63) is 82.1 Å². The van der Waals surface area contributed by atoms with Gasteiger partial charge in [-0.3, -0.25) is 14.5 Å². The zero-order valence-corrected chi connectivity index (χ0v) is 22.8. The van der Waals surface area contributed by atoms with Gasteiger partial charge in [0.25, 0.3) is 0 Å². The van der Waals surface area contributed by atoms with Gasteiger partial charge in [0.1, 0.15) is 0 Å². The van der Waals surface area contributed by atoms with Crippen LogP contribution in [0.2, 0.25) is 0 Å². The molecule has 0 fully saturated rings. The minimum Gasteiger partial charge on any atom is -0.294 e. The molecule has 0 N–H and O–H groups in total. The summed E-state index contributed by atoms with van der Waals surface area (Å²) in [6.45, 7) is 6.03. The highest BCUT2D eigenvalue weighted by atomic mass is 32.2. The molecule has 0 saturated carbocycles. The Balaban J connectivity index is 1.46. The predicted octanol–water partition coefficient (Wildman–Crippen LogP) is 7.32. The number of halogens is 3. The van der Waals surface area contributed by atoms with Gasteiger partial charge in [-0.2, -0.15) is 13.2 Å². The van der Waals surface area contributed by atoms with E-state index in [0.717, 1.165) is 23.3 Å². The molecule has 5 nitrogen and oxygen atoms in total. The molecule has 1 aliphatic heterocycles. The number of amides is 1. The van der Waals surface area contributed by atoms with Gasteiger partial charge in [0.2, 0.25) is 11.0 Å². The van der Waals surface area contributed by atoms with Crippen molar-refractivity contribution >= 4 is 39.9 Å². The molecule has 1 aliphatic carbocycles. The summed E-state index contributed by atoms with van der Waals surface area (Å²) in [6, 6.07) is 13.0. The second-order valence-electron chi connectivity index (χ2n) is 10.5. The van der Waals surface area contributed by atoms with Crippen LogP contribution in [0.25, 0.3) is 0 Å². The second-order valence-corrected chi connectivity index (χ2v) is 12.7. The summed E-state index contributed by atoms with van der Waals surface area (Å²) >= 11 is 2.47. The standard InChI is InChI=1S/C28H26F3N3O2S2/c1-16-7-4-5-10-19(16)20-12-23(36)34(21-13-27(2,3)14-22(35)24(20)21)25-32-33-26(38-25)37-15-17-8-6-9-18(11-17)28(29,30)31/h4-11,20H,12-15H2,1-3H3. The van der Waals surface area contributed by atoms with Crippen LogP contribution in [0.1, 0.15) is 61.3 Å². The van der Waals surface area contributed by atoms with Gasteiger partial charge < -0.3 is 0 Å². The molecule has 0 saturated heterocycles. The minimum absolute atomic E-state index is 0.0469. The van der Waals surface area contributed by atoms with Gasteiger partial charge in [-0.15, -0.1) is 10.2 Å². The molecule has 2 aromatic carbocycles. The van der Waals surface area contributed by atoms with Crippen LogP contribution in [0.5, 0.6) is 0 Å². The molecule has 38 heavy (non-hydrogen) atoms. The Morgan fingerprint density at radius 1 is 1.08 bits per heavy atom. The van der Waals surface area contributed by atoms with E-state index in [1.165, 1.54) is 29.2 Å². The molecule has 1 atom stereocenters. The maximum atomic E-state index is 13.6. The highest BCUT2D eigenvalue weighted by molar-refractivity contribution is 8.00. The van der Waals surface area contributed by atoms with E-state index in [1.54, 1.807) is 11.0 Å². The first-order valence-electron chi connectivity index (χ1n) is 12.2. The molecular weight excluding hydrogens is 531 g/mol. The summed E-state index contributed by atoms with van der Waals surface area (Å²) in [5, 5.41) is 8.85. The van der Waals surface area contributed by atoms with Crippen LogP contribution in [0.4, 0.5) is 18.3 Å². The number of benzene rings is 2. The van der Waals surface area contributed by atoms with Gasteiger partial charge in [0.15, 0.2) is 10.1 Å². The first-order valence-corrected chi connectivity index (χ1v) is 14.0. The SMILES string of the molecule is Cc1ccccc1C1CC(=O)N(c2nnc(SCc3cccc(C(F)(F)F)c3)s2)C2=C1C(=O)CC(C)(C)C2. The summed E-state index contributed by atoms with van der Waals surface area (Å²) in [5.41, 5.74) is 2.88. The fraction of sp³-hybridized carbons (Fsp3) is 0.357.